The number of phenolic OH excluding ortho intramolecular Hbond substituents is 1. The minimum Gasteiger partial charge on any atom is -0.507 e. The first kappa shape index (κ1) is 16.0. The average molecular weight is 299 g/mol. The third kappa shape index (κ3) is 2.82. The molecule has 0 saturated carbocycles. The van der Waals surface area contributed by atoms with Crippen LogP contribution in [0.5, 0.6) is 5.75 Å². The molecule has 0 aromatic heterocycles. The van der Waals surface area contributed by atoms with Gasteiger partial charge in [-0.3, -0.25) is 9.79 Å². The molecule has 22 heavy (non-hydrogen) atoms. The minimum absolute atomic E-state index is 0.0297. The van der Waals surface area contributed by atoms with Crippen molar-refractivity contribution in [3.63, 3.8) is 0 Å². The number of allylic oxidation sites excluding steroid dienone is 2. The molecule has 1 N–H and O–H groups in total. The number of Topliss-reactive ketones (excluding diaryl/α,β-unsaturated/α-hetero) is 1. The summed E-state index contributed by atoms with van der Waals surface area (Å²) < 4.78 is 5.20. The Morgan fingerprint density at radius 2 is 2.14 bits per heavy atom. The molecule has 0 fully saturated rings. The molecule has 0 aliphatic heterocycles. The van der Waals surface area contributed by atoms with E-state index in [-0.39, 0.29) is 11.5 Å². The summed E-state index contributed by atoms with van der Waals surface area (Å²) in [5.41, 5.74) is 1.36. The van der Waals surface area contributed by atoms with Gasteiger partial charge in [0.25, 0.3) is 0 Å². The lowest BCUT2D eigenvalue weighted by Crippen LogP contribution is -2.28. The van der Waals surface area contributed by atoms with Crippen molar-refractivity contribution >= 4 is 11.7 Å². The predicted octanol–water partition coefficient (Wildman–Crippen LogP) is 3.45. The second-order valence-electron chi connectivity index (χ2n) is 5.65. The van der Waals surface area contributed by atoms with Gasteiger partial charge in [0.15, 0.2) is 5.78 Å². The molecule has 1 aliphatic rings. The lowest BCUT2D eigenvalue weighted by atomic mass is 9.75. The van der Waals surface area contributed by atoms with Crippen LogP contribution in [0, 0.1) is 12.3 Å². The highest BCUT2D eigenvalue weighted by Crippen LogP contribution is 2.36. The maximum atomic E-state index is 12.9. The van der Waals surface area contributed by atoms with Crippen molar-refractivity contribution in [3.8, 4) is 5.75 Å². The number of carbonyl (C=O) groups excluding carboxylic acids is 1. The fourth-order valence-corrected chi connectivity index (χ4v) is 2.63. The highest BCUT2D eigenvalue weighted by atomic mass is 16.5. The molecule has 116 valence electrons. The first-order chi connectivity index (χ1) is 10.4. The SMILES string of the molecule is CN=C(OC)C1=CCC(C)(C(=O)c2c(C)cccc2O)C=C1. The second-order valence-corrected chi connectivity index (χ2v) is 5.65. The number of benzene rings is 1. The maximum absolute atomic E-state index is 12.9. The van der Waals surface area contributed by atoms with Crippen molar-refractivity contribution in [1.29, 1.82) is 0 Å². The summed E-state index contributed by atoms with van der Waals surface area (Å²) in [4.78, 5) is 16.9. The van der Waals surface area contributed by atoms with Gasteiger partial charge in [0.1, 0.15) is 5.75 Å². The Hall–Kier alpha value is -2.36. The van der Waals surface area contributed by atoms with Crippen LogP contribution in [-0.2, 0) is 4.74 Å². The predicted molar refractivity (Wildman–Crippen MR) is 87.5 cm³/mol. The number of nitrogens with zero attached hydrogens (tertiary/aromatic N) is 1. The minimum atomic E-state index is -0.681. The Kier molecular flexibility index (Phi) is 4.50. The normalized spacial score (nSPS) is 21.5. The van der Waals surface area contributed by atoms with Gasteiger partial charge in [0, 0.05) is 12.6 Å². The fourth-order valence-electron chi connectivity index (χ4n) is 2.63. The zero-order valence-electron chi connectivity index (χ0n) is 13.4. The van der Waals surface area contributed by atoms with Gasteiger partial charge in [0.2, 0.25) is 5.90 Å². The molecule has 4 heteroatoms. The van der Waals surface area contributed by atoms with E-state index < -0.39 is 5.41 Å². The van der Waals surface area contributed by atoms with Crippen LogP contribution >= 0.6 is 0 Å². The molecular formula is C18H21NO3. The summed E-state index contributed by atoms with van der Waals surface area (Å²) in [6.45, 7) is 3.71. The monoisotopic (exact) mass is 299 g/mol. The van der Waals surface area contributed by atoms with Crippen molar-refractivity contribution < 1.29 is 14.6 Å². The Morgan fingerprint density at radius 3 is 2.64 bits per heavy atom. The molecule has 0 bridgehead atoms. The number of methoxy groups -OCH3 is 1. The van der Waals surface area contributed by atoms with Crippen LogP contribution in [0.25, 0.3) is 0 Å². The third-order valence-electron chi connectivity index (χ3n) is 4.02. The smallest absolute Gasteiger partial charge is 0.215 e. The Labute approximate surface area is 130 Å². The maximum Gasteiger partial charge on any atom is 0.215 e. The van der Waals surface area contributed by atoms with Crippen molar-refractivity contribution in [2.24, 2.45) is 10.4 Å². The highest BCUT2D eigenvalue weighted by Gasteiger charge is 2.34. The van der Waals surface area contributed by atoms with E-state index >= 15 is 0 Å². The van der Waals surface area contributed by atoms with Crippen molar-refractivity contribution in [2.45, 2.75) is 20.3 Å². The molecule has 0 amide bonds. The summed E-state index contributed by atoms with van der Waals surface area (Å²) in [5, 5.41) is 10.0. The topological polar surface area (TPSA) is 58.9 Å². The van der Waals surface area contributed by atoms with Crippen molar-refractivity contribution in [2.75, 3.05) is 14.2 Å². The van der Waals surface area contributed by atoms with Crippen LogP contribution in [-0.4, -0.2) is 30.9 Å². The van der Waals surface area contributed by atoms with Crippen molar-refractivity contribution in [3.05, 3.63) is 53.1 Å². The van der Waals surface area contributed by atoms with Crippen LogP contribution in [0.3, 0.4) is 0 Å². The van der Waals surface area contributed by atoms with Crippen LogP contribution in [0.15, 0.2) is 47.0 Å². The molecule has 2 rings (SSSR count). The number of phenols is 1. The molecule has 0 spiro atoms. The van der Waals surface area contributed by atoms with Crippen molar-refractivity contribution in [1.82, 2.24) is 0 Å². The first-order valence-corrected chi connectivity index (χ1v) is 7.17. The average Bonchev–Trinajstić information content (AvgIpc) is 2.50. The largest absolute Gasteiger partial charge is 0.507 e. The molecule has 0 saturated heterocycles. The second kappa shape index (κ2) is 6.18. The number of aromatic hydroxyl groups is 1. The number of ketones is 1. The molecule has 0 heterocycles. The Balaban J connectivity index is 2.32. The van der Waals surface area contributed by atoms with E-state index in [1.807, 2.05) is 38.1 Å². The van der Waals surface area contributed by atoms with Gasteiger partial charge < -0.3 is 9.84 Å². The molecule has 1 aliphatic carbocycles. The van der Waals surface area contributed by atoms with Gasteiger partial charge in [0.05, 0.1) is 18.1 Å². The third-order valence-corrected chi connectivity index (χ3v) is 4.02. The molecule has 1 atom stereocenters. The van der Waals surface area contributed by atoms with Crippen LogP contribution in [0.4, 0.5) is 0 Å². The van der Waals surface area contributed by atoms with E-state index in [4.69, 9.17) is 4.74 Å². The van der Waals surface area contributed by atoms with E-state index in [1.165, 1.54) is 0 Å². The molecule has 4 nitrogen and oxygen atoms in total. The van der Waals surface area contributed by atoms with Gasteiger partial charge in [-0.15, -0.1) is 0 Å². The lowest BCUT2D eigenvalue weighted by Gasteiger charge is -2.27. The number of aryl methyl sites for hydroxylation is 1. The first-order valence-electron chi connectivity index (χ1n) is 7.17. The van der Waals surface area contributed by atoms with E-state index in [1.54, 1.807) is 26.3 Å². The number of carbonyl (C=O) groups is 1. The Morgan fingerprint density at radius 1 is 1.41 bits per heavy atom. The quantitative estimate of drug-likeness (QED) is 0.528. The zero-order chi connectivity index (χ0) is 16.3. The Bertz CT molecular complexity index is 665. The van der Waals surface area contributed by atoms with Crippen LogP contribution in [0.2, 0.25) is 0 Å². The van der Waals surface area contributed by atoms with E-state index in [2.05, 4.69) is 4.99 Å². The van der Waals surface area contributed by atoms with Gasteiger partial charge >= 0.3 is 0 Å². The van der Waals surface area contributed by atoms with Gasteiger partial charge in [-0.2, -0.15) is 0 Å². The number of aliphatic imine (C=N–C) groups is 1. The van der Waals surface area contributed by atoms with Crippen LogP contribution in [0.1, 0.15) is 29.3 Å². The standard InChI is InChI=1S/C18H21NO3/c1-12-6-5-7-14(20)15(12)16(21)18(2)10-8-13(9-11-18)17(19-3)22-4/h5-10,20H,11H2,1-4H3. The fraction of sp³-hybridized carbons (Fsp3) is 0.333. The molecular weight excluding hydrogens is 278 g/mol. The summed E-state index contributed by atoms with van der Waals surface area (Å²) in [6.07, 6.45) is 6.19. The molecule has 1 aromatic carbocycles. The van der Waals surface area contributed by atoms with Gasteiger partial charge in [-0.25, -0.2) is 0 Å². The summed E-state index contributed by atoms with van der Waals surface area (Å²) in [6, 6.07) is 5.11. The van der Waals surface area contributed by atoms with Crippen LogP contribution < -0.4 is 0 Å². The molecule has 1 unspecified atom stereocenters. The summed E-state index contributed by atoms with van der Waals surface area (Å²) in [5.74, 6) is 0.494. The lowest BCUT2D eigenvalue weighted by molar-refractivity contribution is 0.0866. The summed E-state index contributed by atoms with van der Waals surface area (Å²) in [7, 11) is 3.24. The number of hydrogen-bond acceptors (Lipinski definition) is 4. The molecule has 0 radical (unpaired) electrons. The van der Waals surface area contributed by atoms with Gasteiger partial charge in [-0.1, -0.05) is 30.4 Å². The number of hydrogen-bond donors (Lipinski definition) is 1. The number of ether oxygens (including phenoxy) is 1. The number of rotatable bonds is 3. The zero-order valence-corrected chi connectivity index (χ0v) is 13.4. The van der Waals surface area contributed by atoms with E-state index in [9.17, 15) is 9.90 Å². The van der Waals surface area contributed by atoms with Gasteiger partial charge in [-0.05, 0) is 31.9 Å². The van der Waals surface area contributed by atoms with E-state index in [0.29, 0.717) is 17.9 Å². The molecule has 1 aromatic rings. The summed E-state index contributed by atoms with van der Waals surface area (Å²) >= 11 is 0. The highest BCUT2D eigenvalue weighted by molar-refractivity contribution is 6.06. The van der Waals surface area contributed by atoms with E-state index in [0.717, 1.165) is 11.1 Å².